The van der Waals surface area contributed by atoms with E-state index in [1.54, 1.807) is 0 Å². The summed E-state index contributed by atoms with van der Waals surface area (Å²) in [6.45, 7) is 0. The van der Waals surface area contributed by atoms with E-state index in [2.05, 4.69) is 4.98 Å². The Hall–Kier alpha value is -1.66. The van der Waals surface area contributed by atoms with Crippen molar-refractivity contribution < 1.29 is 20.1 Å². The molecule has 4 N–H and O–H groups in total. The molecule has 0 aliphatic rings. The first-order valence-electron chi connectivity index (χ1n) is 4.27. The van der Waals surface area contributed by atoms with Crippen LogP contribution in [0.15, 0.2) is 23.1 Å². The van der Waals surface area contributed by atoms with Gasteiger partial charge >= 0.3 is 5.97 Å². The number of aromatic amines is 1. The van der Waals surface area contributed by atoms with E-state index >= 15 is 0 Å². The number of hydrogen-bond acceptors (Lipinski definition) is 4. The summed E-state index contributed by atoms with van der Waals surface area (Å²) in [5.74, 6) is -1.22. The fourth-order valence-electron chi connectivity index (χ4n) is 1.13. The number of nitrogens with one attached hydrogen (secondary N) is 1. The van der Waals surface area contributed by atoms with Crippen molar-refractivity contribution in [3.05, 3.63) is 34.2 Å². The van der Waals surface area contributed by atoms with Gasteiger partial charge in [0.05, 0.1) is 18.2 Å². The number of rotatable bonds is 4. The van der Waals surface area contributed by atoms with Crippen LogP contribution in [-0.4, -0.2) is 32.4 Å². The van der Waals surface area contributed by atoms with E-state index in [9.17, 15) is 19.8 Å². The summed E-state index contributed by atoms with van der Waals surface area (Å²) in [6.07, 6.45) is -2.12. The van der Waals surface area contributed by atoms with Crippen molar-refractivity contribution >= 4 is 5.97 Å². The molecule has 0 saturated carbocycles. The highest BCUT2D eigenvalue weighted by Crippen LogP contribution is 2.14. The van der Waals surface area contributed by atoms with Gasteiger partial charge in [-0.1, -0.05) is 0 Å². The van der Waals surface area contributed by atoms with Crippen LogP contribution in [-0.2, 0) is 4.79 Å². The molecule has 82 valence electrons. The second kappa shape index (κ2) is 4.72. The van der Waals surface area contributed by atoms with Gasteiger partial charge in [0.2, 0.25) is 0 Å². The number of aliphatic hydroxyl groups is 2. The molecule has 6 nitrogen and oxygen atoms in total. The first-order valence-corrected chi connectivity index (χ1v) is 4.27. The predicted molar refractivity (Wildman–Crippen MR) is 50.3 cm³/mol. The van der Waals surface area contributed by atoms with Gasteiger partial charge in [-0.25, -0.2) is 0 Å². The Morgan fingerprint density at radius 2 is 2.13 bits per heavy atom. The molecule has 2 unspecified atom stereocenters. The van der Waals surface area contributed by atoms with Gasteiger partial charge in [0, 0.05) is 18.3 Å². The monoisotopic (exact) mass is 213 g/mol. The molecule has 0 amide bonds. The van der Waals surface area contributed by atoms with Crippen LogP contribution >= 0.6 is 0 Å². The van der Waals surface area contributed by atoms with E-state index in [1.165, 1.54) is 12.3 Å². The smallest absolute Gasteiger partial charge is 0.306 e. The van der Waals surface area contributed by atoms with Crippen molar-refractivity contribution in [3.8, 4) is 0 Å². The van der Waals surface area contributed by atoms with Crippen LogP contribution in [0.3, 0.4) is 0 Å². The zero-order chi connectivity index (χ0) is 11.4. The highest BCUT2D eigenvalue weighted by Gasteiger charge is 2.21. The summed E-state index contributed by atoms with van der Waals surface area (Å²) < 4.78 is 0. The first kappa shape index (κ1) is 11.4. The van der Waals surface area contributed by atoms with E-state index in [0.717, 1.165) is 6.07 Å². The van der Waals surface area contributed by atoms with Crippen LogP contribution in [0.5, 0.6) is 0 Å². The van der Waals surface area contributed by atoms with Gasteiger partial charge in [0.1, 0.15) is 6.10 Å². The first-order chi connectivity index (χ1) is 7.00. The average molecular weight is 213 g/mol. The molecule has 1 heterocycles. The van der Waals surface area contributed by atoms with E-state index in [0.29, 0.717) is 0 Å². The molecule has 0 aliphatic carbocycles. The van der Waals surface area contributed by atoms with Crippen LogP contribution in [0, 0.1) is 0 Å². The number of H-pyrrole nitrogens is 1. The van der Waals surface area contributed by atoms with Gasteiger partial charge in [0.25, 0.3) is 0 Å². The number of carboxylic acid groups (broad SMARTS) is 1. The molecular formula is C9H11NO5. The molecule has 1 rings (SSSR count). The Kier molecular flexibility index (Phi) is 3.59. The SMILES string of the molecule is O=C(O)CC(O)C(O)c1cc(=O)cc[nH]1. The molecule has 0 saturated heterocycles. The largest absolute Gasteiger partial charge is 0.481 e. The maximum Gasteiger partial charge on any atom is 0.306 e. The third-order valence-electron chi connectivity index (χ3n) is 1.86. The second-order valence-corrected chi connectivity index (χ2v) is 3.09. The molecule has 0 radical (unpaired) electrons. The van der Waals surface area contributed by atoms with E-state index in [1.807, 2.05) is 0 Å². The molecule has 1 aromatic heterocycles. The number of pyridine rings is 1. The van der Waals surface area contributed by atoms with Gasteiger partial charge < -0.3 is 20.3 Å². The Labute approximate surface area is 84.8 Å². The van der Waals surface area contributed by atoms with Crippen LogP contribution in [0.25, 0.3) is 0 Å². The minimum absolute atomic E-state index is 0.0938. The van der Waals surface area contributed by atoms with Crippen LogP contribution in [0.4, 0.5) is 0 Å². The zero-order valence-corrected chi connectivity index (χ0v) is 7.75. The number of carbonyl (C=O) groups is 1. The second-order valence-electron chi connectivity index (χ2n) is 3.09. The minimum atomic E-state index is -1.44. The lowest BCUT2D eigenvalue weighted by molar-refractivity contribution is -0.141. The lowest BCUT2D eigenvalue weighted by Crippen LogP contribution is -2.23. The summed E-state index contributed by atoms with van der Waals surface area (Å²) in [5, 5.41) is 27.1. The van der Waals surface area contributed by atoms with Crippen molar-refractivity contribution in [1.29, 1.82) is 0 Å². The number of aliphatic carboxylic acids is 1. The molecule has 0 aromatic carbocycles. The minimum Gasteiger partial charge on any atom is -0.481 e. The molecule has 2 atom stereocenters. The summed E-state index contributed by atoms with van der Waals surface area (Å²) in [5.41, 5.74) is -0.235. The molecule has 6 heteroatoms. The van der Waals surface area contributed by atoms with Crippen LogP contribution < -0.4 is 5.43 Å². The quantitative estimate of drug-likeness (QED) is 0.525. The molecule has 1 aromatic rings. The van der Waals surface area contributed by atoms with Crippen LogP contribution in [0.2, 0.25) is 0 Å². The van der Waals surface area contributed by atoms with Gasteiger partial charge in [0.15, 0.2) is 5.43 Å². The Morgan fingerprint density at radius 1 is 1.47 bits per heavy atom. The summed E-state index contributed by atoms with van der Waals surface area (Å²) >= 11 is 0. The summed E-state index contributed by atoms with van der Waals surface area (Å²) in [7, 11) is 0. The number of aromatic nitrogens is 1. The normalized spacial score (nSPS) is 14.5. The fraction of sp³-hybridized carbons (Fsp3) is 0.333. The lowest BCUT2D eigenvalue weighted by atomic mass is 10.1. The van der Waals surface area contributed by atoms with Crippen molar-refractivity contribution in [2.75, 3.05) is 0 Å². The predicted octanol–water partition coefficient (Wildman–Crippen LogP) is -0.756. The van der Waals surface area contributed by atoms with E-state index < -0.39 is 24.6 Å². The maximum absolute atomic E-state index is 10.9. The molecule has 0 fully saturated rings. The van der Waals surface area contributed by atoms with Crippen molar-refractivity contribution in [2.24, 2.45) is 0 Å². The average Bonchev–Trinajstić information content (AvgIpc) is 2.15. The Bertz CT molecular complexity index is 399. The topological polar surface area (TPSA) is 111 Å². The standard InChI is InChI=1S/C9H11NO5/c11-5-1-2-10-6(3-5)9(15)7(12)4-8(13)14/h1-3,7,9,12,15H,4H2,(H,10,11)(H,13,14). The maximum atomic E-state index is 10.9. The number of aliphatic hydroxyl groups excluding tert-OH is 2. The van der Waals surface area contributed by atoms with Crippen molar-refractivity contribution in [1.82, 2.24) is 4.98 Å². The molecular weight excluding hydrogens is 202 g/mol. The van der Waals surface area contributed by atoms with Gasteiger partial charge in [-0.15, -0.1) is 0 Å². The number of hydrogen-bond donors (Lipinski definition) is 4. The van der Waals surface area contributed by atoms with E-state index in [4.69, 9.17) is 5.11 Å². The molecule has 15 heavy (non-hydrogen) atoms. The summed E-state index contributed by atoms with van der Waals surface area (Å²) in [6, 6.07) is 2.36. The zero-order valence-electron chi connectivity index (χ0n) is 7.75. The van der Waals surface area contributed by atoms with Gasteiger partial charge in [-0.2, -0.15) is 0 Å². The molecule has 0 spiro atoms. The summed E-state index contributed by atoms with van der Waals surface area (Å²) in [4.78, 5) is 23.7. The fourth-order valence-corrected chi connectivity index (χ4v) is 1.13. The third kappa shape index (κ3) is 3.19. The lowest BCUT2D eigenvalue weighted by Gasteiger charge is -2.15. The Balaban J connectivity index is 2.80. The van der Waals surface area contributed by atoms with Crippen LogP contribution in [0.1, 0.15) is 18.2 Å². The highest BCUT2D eigenvalue weighted by atomic mass is 16.4. The number of carboxylic acids is 1. The van der Waals surface area contributed by atoms with Crippen molar-refractivity contribution in [3.63, 3.8) is 0 Å². The van der Waals surface area contributed by atoms with Gasteiger partial charge in [-0.05, 0) is 0 Å². The van der Waals surface area contributed by atoms with Crippen molar-refractivity contribution in [2.45, 2.75) is 18.6 Å². The Morgan fingerprint density at radius 3 is 2.67 bits per heavy atom. The highest BCUT2D eigenvalue weighted by molar-refractivity contribution is 5.67. The van der Waals surface area contributed by atoms with Gasteiger partial charge in [-0.3, -0.25) is 9.59 Å². The molecule has 0 aliphatic heterocycles. The molecule has 0 bridgehead atoms. The third-order valence-corrected chi connectivity index (χ3v) is 1.86. The van der Waals surface area contributed by atoms with E-state index in [-0.39, 0.29) is 11.1 Å².